The van der Waals surface area contributed by atoms with Crippen LogP contribution in [0.2, 0.25) is 0 Å². The number of rotatable bonds is 1. The maximum Gasteiger partial charge on any atom is 0.433 e. The highest BCUT2D eigenvalue weighted by molar-refractivity contribution is 5.16. The minimum atomic E-state index is -4.58. The summed E-state index contributed by atoms with van der Waals surface area (Å²) in [6, 6.07) is 0.930. The molecular formula is C10H12F3N3O. The Hall–Kier alpha value is -1.37. The molecule has 4 nitrogen and oxygen atoms in total. The highest BCUT2D eigenvalue weighted by atomic mass is 19.4. The molecule has 1 aliphatic heterocycles. The second-order valence-corrected chi connectivity index (χ2v) is 4.07. The van der Waals surface area contributed by atoms with Crippen LogP contribution in [-0.4, -0.2) is 23.1 Å². The minimum absolute atomic E-state index is 0.0828. The van der Waals surface area contributed by atoms with Crippen LogP contribution in [0.5, 0.6) is 0 Å². The molecule has 1 aliphatic rings. The van der Waals surface area contributed by atoms with Crippen molar-refractivity contribution in [1.82, 2.24) is 15.3 Å². The van der Waals surface area contributed by atoms with Crippen molar-refractivity contribution in [2.24, 2.45) is 0 Å². The fourth-order valence-electron chi connectivity index (χ4n) is 1.96. The first-order chi connectivity index (χ1) is 7.97. The molecule has 1 unspecified atom stereocenters. The van der Waals surface area contributed by atoms with Crippen LogP contribution in [0.25, 0.3) is 0 Å². The first-order valence-corrected chi connectivity index (χ1v) is 5.36. The number of nitrogens with one attached hydrogen (secondary N) is 2. The van der Waals surface area contributed by atoms with E-state index in [1.165, 1.54) is 0 Å². The largest absolute Gasteiger partial charge is 0.433 e. The van der Waals surface area contributed by atoms with Crippen molar-refractivity contribution in [2.75, 3.05) is 13.1 Å². The Bertz CT molecular complexity index is 449. The van der Waals surface area contributed by atoms with Crippen LogP contribution >= 0.6 is 0 Å². The van der Waals surface area contributed by atoms with E-state index < -0.39 is 17.6 Å². The smallest absolute Gasteiger partial charge is 0.316 e. The molecular weight excluding hydrogens is 235 g/mol. The lowest BCUT2D eigenvalue weighted by atomic mass is 9.95. The molecule has 2 N–H and O–H groups in total. The zero-order chi connectivity index (χ0) is 12.5. The molecule has 0 amide bonds. The van der Waals surface area contributed by atoms with Crippen molar-refractivity contribution in [3.63, 3.8) is 0 Å². The molecule has 0 saturated carbocycles. The zero-order valence-corrected chi connectivity index (χ0v) is 8.97. The molecule has 1 aromatic rings. The third-order valence-electron chi connectivity index (χ3n) is 2.79. The topological polar surface area (TPSA) is 57.8 Å². The third kappa shape index (κ3) is 2.85. The van der Waals surface area contributed by atoms with Crippen LogP contribution in [0.15, 0.2) is 10.9 Å². The Balaban J connectivity index is 2.34. The first kappa shape index (κ1) is 12.1. The molecule has 0 spiro atoms. The SMILES string of the molecule is O=c1nc(C(F)(F)F)cc(C2CCCNC2)[nH]1. The van der Waals surface area contributed by atoms with Crippen LogP contribution in [0.4, 0.5) is 13.2 Å². The Labute approximate surface area is 95.3 Å². The molecule has 2 rings (SSSR count). The third-order valence-corrected chi connectivity index (χ3v) is 2.79. The second kappa shape index (κ2) is 4.48. The van der Waals surface area contributed by atoms with Gasteiger partial charge in [0.05, 0.1) is 0 Å². The van der Waals surface area contributed by atoms with Gasteiger partial charge in [-0.05, 0) is 25.5 Å². The fourth-order valence-corrected chi connectivity index (χ4v) is 1.96. The van der Waals surface area contributed by atoms with Gasteiger partial charge < -0.3 is 10.3 Å². The lowest BCUT2D eigenvalue weighted by Crippen LogP contribution is -2.31. The van der Waals surface area contributed by atoms with E-state index in [4.69, 9.17) is 0 Å². The van der Waals surface area contributed by atoms with E-state index in [0.29, 0.717) is 12.2 Å². The van der Waals surface area contributed by atoms with Gasteiger partial charge in [0.15, 0.2) is 5.69 Å². The van der Waals surface area contributed by atoms with Crippen molar-refractivity contribution >= 4 is 0 Å². The van der Waals surface area contributed by atoms with Crippen LogP contribution in [0, 0.1) is 0 Å². The van der Waals surface area contributed by atoms with Crippen LogP contribution in [0.3, 0.4) is 0 Å². The summed E-state index contributed by atoms with van der Waals surface area (Å²) in [5.41, 5.74) is -1.76. The number of aromatic amines is 1. The number of alkyl halides is 3. The molecule has 7 heteroatoms. The normalized spacial score (nSPS) is 21.5. The highest BCUT2D eigenvalue weighted by Gasteiger charge is 2.34. The summed E-state index contributed by atoms with van der Waals surface area (Å²) >= 11 is 0. The monoisotopic (exact) mass is 247 g/mol. The second-order valence-electron chi connectivity index (χ2n) is 4.07. The van der Waals surface area contributed by atoms with Crippen molar-refractivity contribution < 1.29 is 13.2 Å². The van der Waals surface area contributed by atoms with Gasteiger partial charge in [-0.25, -0.2) is 4.79 Å². The van der Waals surface area contributed by atoms with E-state index in [1.54, 1.807) is 0 Å². The van der Waals surface area contributed by atoms with E-state index >= 15 is 0 Å². The molecule has 1 aromatic heterocycles. The van der Waals surface area contributed by atoms with Crippen molar-refractivity contribution in [2.45, 2.75) is 24.9 Å². The van der Waals surface area contributed by atoms with Crippen LogP contribution in [-0.2, 0) is 6.18 Å². The van der Waals surface area contributed by atoms with Gasteiger partial charge in [0, 0.05) is 18.2 Å². The number of nitrogens with zero attached hydrogens (tertiary/aromatic N) is 1. The quantitative estimate of drug-likeness (QED) is 0.785. The maximum absolute atomic E-state index is 12.5. The lowest BCUT2D eigenvalue weighted by Gasteiger charge is -2.22. The van der Waals surface area contributed by atoms with Gasteiger partial charge in [0.1, 0.15) is 0 Å². The maximum atomic E-state index is 12.5. The predicted octanol–water partition coefficient (Wildman–Crippen LogP) is 1.26. The molecule has 1 atom stereocenters. The van der Waals surface area contributed by atoms with Gasteiger partial charge >= 0.3 is 11.9 Å². The van der Waals surface area contributed by atoms with Gasteiger partial charge in [-0.1, -0.05) is 0 Å². The number of H-pyrrole nitrogens is 1. The van der Waals surface area contributed by atoms with Gasteiger partial charge in [0.25, 0.3) is 0 Å². The van der Waals surface area contributed by atoms with Crippen molar-refractivity contribution in [3.05, 3.63) is 27.9 Å². The highest BCUT2D eigenvalue weighted by Crippen LogP contribution is 2.29. The van der Waals surface area contributed by atoms with Crippen molar-refractivity contribution in [1.29, 1.82) is 0 Å². The van der Waals surface area contributed by atoms with Gasteiger partial charge in [-0.3, -0.25) is 0 Å². The number of halogens is 3. The van der Waals surface area contributed by atoms with Gasteiger partial charge in [0.2, 0.25) is 0 Å². The van der Waals surface area contributed by atoms with Crippen LogP contribution < -0.4 is 11.0 Å². The Kier molecular flexibility index (Phi) is 3.19. The number of aromatic nitrogens is 2. The Morgan fingerprint density at radius 2 is 2.18 bits per heavy atom. The summed E-state index contributed by atoms with van der Waals surface area (Å²) in [6.07, 6.45) is -2.92. The van der Waals surface area contributed by atoms with E-state index in [1.807, 2.05) is 0 Å². The Morgan fingerprint density at radius 1 is 1.41 bits per heavy atom. The molecule has 1 saturated heterocycles. The molecule has 0 aromatic carbocycles. The van der Waals surface area contributed by atoms with E-state index in [-0.39, 0.29) is 5.92 Å². The van der Waals surface area contributed by atoms with Gasteiger partial charge in [-0.2, -0.15) is 18.2 Å². The standard InChI is InChI=1S/C10H12F3N3O/c11-10(12,13)8-4-7(15-9(17)16-8)6-2-1-3-14-5-6/h4,6,14H,1-3,5H2,(H,15,16,17). The molecule has 0 aliphatic carbocycles. The van der Waals surface area contributed by atoms with E-state index in [0.717, 1.165) is 25.5 Å². The summed E-state index contributed by atoms with van der Waals surface area (Å²) in [5, 5.41) is 3.09. The van der Waals surface area contributed by atoms with Crippen molar-refractivity contribution in [3.8, 4) is 0 Å². The summed E-state index contributed by atoms with van der Waals surface area (Å²) in [6.45, 7) is 1.44. The summed E-state index contributed by atoms with van der Waals surface area (Å²) < 4.78 is 37.5. The first-order valence-electron chi connectivity index (χ1n) is 5.36. The molecule has 0 radical (unpaired) electrons. The van der Waals surface area contributed by atoms with Gasteiger partial charge in [-0.15, -0.1) is 0 Å². The molecule has 94 valence electrons. The van der Waals surface area contributed by atoms with E-state index in [9.17, 15) is 18.0 Å². The molecule has 0 bridgehead atoms. The van der Waals surface area contributed by atoms with E-state index in [2.05, 4.69) is 15.3 Å². The average Bonchev–Trinajstić information content (AvgIpc) is 2.28. The predicted molar refractivity (Wildman–Crippen MR) is 54.7 cm³/mol. The van der Waals surface area contributed by atoms with Crippen LogP contribution in [0.1, 0.15) is 30.1 Å². The Morgan fingerprint density at radius 3 is 2.76 bits per heavy atom. The average molecular weight is 247 g/mol. The number of hydrogen-bond acceptors (Lipinski definition) is 3. The molecule has 1 fully saturated rings. The zero-order valence-electron chi connectivity index (χ0n) is 8.97. The summed E-state index contributed by atoms with van der Waals surface area (Å²) in [5.74, 6) is -0.0828. The fraction of sp³-hybridized carbons (Fsp3) is 0.600. The molecule has 17 heavy (non-hydrogen) atoms. The summed E-state index contributed by atoms with van der Waals surface area (Å²) in [4.78, 5) is 16.4. The number of hydrogen-bond donors (Lipinski definition) is 2. The minimum Gasteiger partial charge on any atom is -0.316 e. The lowest BCUT2D eigenvalue weighted by molar-refractivity contribution is -0.141. The number of piperidine rings is 1. The molecule has 2 heterocycles. The summed E-state index contributed by atoms with van der Waals surface area (Å²) in [7, 11) is 0.